The SMILES string of the molecule is O=C1NC(=Nc2ccc(Br)cc2)S/C1=C\c1ccc(OC(=O)c2ccco2)cc1. The third kappa shape index (κ3) is 4.85. The van der Waals surface area contributed by atoms with Crippen LogP contribution in [0, 0.1) is 0 Å². The molecule has 1 fully saturated rings. The van der Waals surface area contributed by atoms with E-state index >= 15 is 0 Å². The quantitative estimate of drug-likeness (QED) is 0.325. The monoisotopic (exact) mass is 468 g/mol. The number of hydrogen-bond acceptors (Lipinski definition) is 6. The number of aliphatic imine (C=N–C) groups is 1. The molecule has 0 spiro atoms. The van der Waals surface area contributed by atoms with E-state index in [-0.39, 0.29) is 11.7 Å². The fourth-order valence-electron chi connectivity index (χ4n) is 2.45. The summed E-state index contributed by atoms with van der Waals surface area (Å²) in [7, 11) is 0. The standard InChI is InChI=1S/C21H13BrN2O4S/c22-14-5-7-15(8-6-14)23-21-24-19(25)18(29-21)12-13-3-9-16(10-4-13)28-20(26)17-2-1-11-27-17/h1-12H,(H,23,24,25)/b18-12-. The highest BCUT2D eigenvalue weighted by Gasteiger charge is 2.23. The van der Waals surface area contributed by atoms with Crippen LogP contribution < -0.4 is 10.1 Å². The molecule has 1 aliphatic rings. The molecule has 8 heteroatoms. The number of amides is 1. The number of benzene rings is 2. The maximum Gasteiger partial charge on any atom is 0.379 e. The zero-order chi connectivity index (χ0) is 20.2. The van der Waals surface area contributed by atoms with Crippen molar-refractivity contribution in [2.24, 2.45) is 4.99 Å². The second-order valence-electron chi connectivity index (χ2n) is 5.89. The summed E-state index contributed by atoms with van der Waals surface area (Å²) in [5, 5.41) is 3.28. The fourth-order valence-corrected chi connectivity index (χ4v) is 3.56. The number of carbonyl (C=O) groups excluding carboxylic acids is 2. The number of nitrogens with one attached hydrogen (secondary N) is 1. The number of nitrogens with zero attached hydrogens (tertiary/aromatic N) is 1. The molecule has 29 heavy (non-hydrogen) atoms. The average Bonchev–Trinajstić information content (AvgIpc) is 3.36. The van der Waals surface area contributed by atoms with Crippen molar-refractivity contribution < 1.29 is 18.7 Å². The molecule has 0 bridgehead atoms. The van der Waals surface area contributed by atoms with Crippen molar-refractivity contribution in [2.75, 3.05) is 0 Å². The second kappa shape index (κ2) is 8.50. The number of ether oxygens (including phenoxy) is 1. The van der Waals surface area contributed by atoms with Gasteiger partial charge in [0.1, 0.15) is 5.75 Å². The van der Waals surface area contributed by atoms with Gasteiger partial charge in [0.15, 0.2) is 5.17 Å². The molecule has 1 N–H and O–H groups in total. The van der Waals surface area contributed by atoms with Gasteiger partial charge in [-0.2, -0.15) is 0 Å². The van der Waals surface area contributed by atoms with Crippen molar-refractivity contribution in [3.8, 4) is 5.75 Å². The van der Waals surface area contributed by atoms with Crippen LogP contribution in [0.25, 0.3) is 6.08 Å². The predicted molar refractivity (Wildman–Crippen MR) is 115 cm³/mol. The van der Waals surface area contributed by atoms with Gasteiger partial charge in [0.05, 0.1) is 16.9 Å². The summed E-state index contributed by atoms with van der Waals surface area (Å²) < 4.78 is 11.2. The number of rotatable bonds is 4. The van der Waals surface area contributed by atoms with Crippen molar-refractivity contribution in [1.82, 2.24) is 5.32 Å². The molecule has 0 saturated carbocycles. The number of hydrogen-bond donors (Lipinski definition) is 1. The van der Waals surface area contributed by atoms with Crippen molar-refractivity contribution in [3.05, 3.63) is 87.6 Å². The van der Waals surface area contributed by atoms with E-state index < -0.39 is 5.97 Å². The first-order chi connectivity index (χ1) is 14.1. The van der Waals surface area contributed by atoms with Gasteiger partial charge in [-0.15, -0.1) is 0 Å². The maximum atomic E-state index is 12.2. The summed E-state index contributed by atoms with van der Waals surface area (Å²) in [6.45, 7) is 0. The zero-order valence-corrected chi connectivity index (χ0v) is 17.2. The van der Waals surface area contributed by atoms with E-state index in [4.69, 9.17) is 9.15 Å². The summed E-state index contributed by atoms with van der Waals surface area (Å²) in [5.74, 6) is -0.262. The number of amidine groups is 1. The Balaban J connectivity index is 1.44. The molecule has 1 amide bonds. The Morgan fingerprint density at radius 3 is 2.55 bits per heavy atom. The van der Waals surface area contributed by atoms with Crippen molar-refractivity contribution in [2.45, 2.75) is 0 Å². The normalized spacial score (nSPS) is 16.2. The van der Waals surface area contributed by atoms with Crippen LogP contribution in [0.1, 0.15) is 16.1 Å². The molecule has 1 aromatic heterocycles. The molecule has 3 aromatic rings. The van der Waals surface area contributed by atoms with Gasteiger partial charge in [0, 0.05) is 4.47 Å². The molecule has 1 saturated heterocycles. The molecule has 0 radical (unpaired) electrons. The number of carbonyl (C=O) groups is 2. The van der Waals surface area contributed by atoms with Gasteiger partial charge in [0.25, 0.3) is 5.91 Å². The summed E-state index contributed by atoms with van der Waals surface area (Å²) in [6.07, 6.45) is 3.16. The first-order valence-corrected chi connectivity index (χ1v) is 10.1. The maximum absolute atomic E-state index is 12.2. The van der Waals surface area contributed by atoms with Crippen LogP contribution in [0.2, 0.25) is 0 Å². The highest BCUT2D eigenvalue weighted by atomic mass is 79.9. The number of halogens is 1. The van der Waals surface area contributed by atoms with Gasteiger partial charge >= 0.3 is 5.97 Å². The van der Waals surface area contributed by atoms with Crippen LogP contribution in [-0.2, 0) is 4.79 Å². The highest BCUT2D eigenvalue weighted by molar-refractivity contribution is 9.10. The Bertz CT molecular complexity index is 1100. The lowest BCUT2D eigenvalue weighted by Crippen LogP contribution is -2.19. The van der Waals surface area contributed by atoms with E-state index in [9.17, 15) is 9.59 Å². The molecule has 144 valence electrons. The van der Waals surface area contributed by atoms with Gasteiger partial charge < -0.3 is 14.5 Å². The molecular formula is C21H13BrN2O4S. The van der Waals surface area contributed by atoms with Gasteiger partial charge in [0.2, 0.25) is 5.76 Å². The van der Waals surface area contributed by atoms with Crippen LogP contribution in [0.15, 0.2) is 85.7 Å². The van der Waals surface area contributed by atoms with Crippen LogP contribution >= 0.6 is 27.7 Å². The second-order valence-corrected chi connectivity index (χ2v) is 7.84. The van der Waals surface area contributed by atoms with Crippen molar-refractivity contribution in [3.63, 3.8) is 0 Å². The van der Waals surface area contributed by atoms with E-state index in [0.29, 0.717) is 15.8 Å². The van der Waals surface area contributed by atoms with E-state index in [1.54, 1.807) is 36.4 Å². The molecule has 1 aliphatic heterocycles. The predicted octanol–water partition coefficient (Wildman–Crippen LogP) is 5.15. The lowest BCUT2D eigenvalue weighted by Gasteiger charge is -2.02. The van der Waals surface area contributed by atoms with Crippen molar-refractivity contribution >= 4 is 56.5 Å². The molecule has 0 aliphatic carbocycles. The minimum absolute atomic E-state index is 0.132. The van der Waals surface area contributed by atoms with E-state index in [1.807, 2.05) is 24.3 Å². The highest BCUT2D eigenvalue weighted by Crippen LogP contribution is 2.29. The molecule has 2 aromatic carbocycles. The van der Waals surface area contributed by atoms with E-state index in [2.05, 4.69) is 26.2 Å². The Hall–Kier alpha value is -3.10. The largest absolute Gasteiger partial charge is 0.457 e. The van der Waals surface area contributed by atoms with Gasteiger partial charge in [-0.25, -0.2) is 9.79 Å². The van der Waals surface area contributed by atoms with Gasteiger partial charge in [-0.3, -0.25) is 4.79 Å². The van der Waals surface area contributed by atoms with Gasteiger partial charge in [-0.05, 0) is 71.9 Å². The average molecular weight is 469 g/mol. The third-order valence-corrected chi connectivity index (χ3v) is 5.26. The summed E-state index contributed by atoms with van der Waals surface area (Å²) >= 11 is 4.64. The molecular weight excluding hydrogens is 456 g/mol. The summed E-state index contributed by atoms with van der Waals surface area (Å²) in [4.78, 5) is 29.1. The zero-order valence-electron chi connectivity index (χ0n) is 14.8. The van der Waals surface area contributed by atoms with Gasteiger partial charge in [-0.1, -0.05) is 28.1 Å². The van der Waals surface area contributed by atoms with Crippen LogP contribution in [-0.4, -0.2) is 17.0 Å². The molecule has 4 rings (SSSR count). The van der Waals surface area contributed by atoms with E-state index in [1.165, 1.54) is 24.1 Å². The molecule has 2 heterocycles. The Labute approximate surface area is 178 Å². The minimum atomic E-state index is -0.569. The molecule has 0 atom stereocenters. The van der Waals surface area contributed by atoms with Crippen LogP contribution in [0.5, 0.6) is 5.75 Å². The smallest absolute Gasteiger partial charge is 0.379 e. The number of furan rings is 1. The minimum Gasteiger partial charge on any atom is -0.457 e. The first-order valence-electron chi connectivity index (χ1n) is 8.48. The third-order valence-electron chi connectivity index (χ3n) is 3.82. The Kier molecular flexibility index (Phi) is 5.64. The topological polar surface area (TPSA) is 80.9 Å². The Morgan fingerprint density at radius 1 is 1.10 bits per heavy atom. The molecule has 0 unspecified atom stereocenters. The van der Waals surface area contributed by atoms with E-state index in [0.717, 1.165) is 15.7 Å². The number of thioether (sulfide) groups is 1. The molecule has 6 nitrogen and oxygen atoms in total. The van der Waals surface area contributed by atoms with Crippen LogP contribution in [0.3, 0.4) is 0 Å². The lowest BCUT2D eigenvalue weighted by molar-refractivity contribution is -0.115. The summed E-state index contributed by atoms with van der Waals surface area (Å²) in [5.41, 5.74) is 1.55. The number of esters is 1. The first kappa shape index (κ1) is 19.2. The summed E-state index contributed by atoms with van der Waals surface area (Å²) in [6, 6.07) is 17.5. The van der Waals surface area contributed by atoms with Crippen molar-refractivity contribution in [1.29, 1.82) is 0 Å². The Morgan fingerprint density at radius 2 is 1.86 bits per heavy atom. The lowest BCUT2D eigenvalue weighted by atomic mass is 10.2. The van der Waals surface area contributed by atoms with Crippen LogP contribution in [0.4, 0.5) is 5.69 Å². The fraction of sp³-hybridized carbons (Fsp3) is 0.